The Balaban J connectivity index is 0.00000225. The highest BCUT2D eigenvalue weighted by atomic mass is 35.5. The molecule has 6 nitrogen and oxygen atoms in total. The molecule has 0 bridgehead atoms. The Morgan fingerprint density at radius 3 is 2.84 bits per heavy atom. The number of hydrogen-bond acceptors (Lipinski definition) is 4. The molecular weight excluding hydrogens is 387 g/mol. The Bertz CT molecular complexity index is 738. The normalized spacial score (nSPS) is 19.5. The van der Waals surface area contributed by atoms with Crippen molar-refractivity contribution in [3.63, 3.8) is 0 Å². The van der Waals surface area contributed by atoms with E-state index >= 15 is 0 Å². The van der Waals surface area contributed by atoms with Crippen LogP contribution in [0.4, 0.5) is 5.82 Å². The number of anilines is 1. The molecule has 1 aromatic carbocycles. The molecule has 2 heterocycles. The summed E-state index contributed by atoms with van der Waals surface area (Å²) in [5.41, 5.74) is 6.44. The molecule has 9 heteroatoms. The van der Waals surface area contributed by atoms with Gasteiger partial charge < -0.3 is 15.8 Å². The van der Waals surface area contributed by atoms with Gasteiger partial charge in [0.05, 0.1) is 18.8 Å². The van der Waals surface area contributed by atoms with E-state index in [1.165, 1.54) is 0 Å². The molecule has 136 valence electrons. The standard InChI is InChI=1S/C16H18Cl2N4O2.ClH/c17-11-2-1-10(13(18)7-11)9-22-15(5-6-20-22)21-16(23)14-4-3-12(8-19)24-14;/h1-2,5-7,12,14H,3-4,8-9,19H2,(H,21,23);1H/t12-,14+;/m1./s1. The fourth-order valence-corrected chi connectivity index (χ4v) is 3.12. The number of carbonyl (C=O) groups is 1. The molecule has 0 saturated carbocycles. The second-order valence-corrected chi connectivity index (χ2v) is 6.50. The molecule has 1 saturated heterocycles. The Morgan fingerprint density at radius 2 is 2.16 bits per heavy atom. The highest BCUT2D eigenvalue weighted by Crippen LogP contribution is 2.24. The minimum Gasteiger partial charge on any atom is -0.364 e. The molecule has 0 spiro atoms. The SMILES string of the molecule is Cl.NC[C@H]1CC[C@@H](C(=O)Nc2ccnn2Cc2ccc(Cl)cc2Cl)O1. The molecule has 0 aliphatic carbocycles. The predicted molar refractivity (Wildman–Crippen MR) is 101 cm³/mol. The van der Waals surface area contributed by atoms with Crippen molar-refractivity contribution in [1.82, 2.24) is 9.78 Å². The van der Waals surface area contributed by atoms with Crippen molar-refractivity contribution < 1.29 is 9.53 Å². The zero-order chi connectivity index (χ0) is 17.1. The van der Waals surface area contributed by atoms with Crippen LogP contribution in [0.1, 0.15) is 18.4 Å². The number of carbonyl (C=O) groups excluding carboxylic acids is 1. The zero-order valence-corrected chi connectivity index (χ0v) is 15.7. The first kappa shape index (κ1) is 20.0. The van der Waals surface area contributed by atoms with Crippen LogP contribution >= 0.6 is 35.6 Å². The van der Waals surface area contributed by atoms with Crippen molar-refractivity contribution in [2.24, 2.45) is 5.73 Å². The van der Waals surface area contributed by atoms with Gasteiger partial charge in [-0.25, -0.2) is 4.68 Å². The van der Waals surface area contributed by atoms with Gasteiger partial charge in [0.15, 0.2) is 0 Å². The fraction of sp³-hybridized carbons (Fsp3) is 0.375. The van der Waals surface area contributed by atoms with Gasteiger partial charge in [-0.05, 0) is 30.5 Å². The van der Waals surface area contributed by atoms with Crippen molar-refractivity contribution in [2.45, 2.75) is 31.6 Å². The molecule has 1 amide bonds. The van der Waals surface area contributed by atoms with Crippen LogP contribution in [0.2, 0.25) is 10.0 Å². The van der Waals surface area contributed by atoms with Crippen molar-refractivity contribution in [1.29, 1.82) is 0 Å². The Kier molecular flexibility index (Phi) is 7.10. The van der Waals surface area contributed by atoms with E-state index in [1.54, 1.807) is 29.1 Å². The van der Waals surface area contributed by atoms with Gasteiger partial charge in [-0.15, -0.1) is 12.4 Å². The Labute approximate surface area is 162 Å². The Hall–Kier alpha value is -1.31. The molecule has 2 atom stereocenters. The fourth-order valence-electron chi connectivity index (χ4n) is 2.65. The molecule has 25 heavy (non-hydrogen) atoms. The summed E-state index contributed by atoms with van der Waals surface area (Å²) in [6.45, 7) is 0.854. The number of nitrogens with zero attached hydrogens (tertiary/aromatic N) is 2. The second kappa shape index (κ2) is 8.87. The maximum atomic E-state index is 12.3. The summed E-state index contributed by atoms with van der Waals surface area (Å²) >= 11 is 12.1. The van der Waals surface area contributed by atoms with Crippen LogP contribution in [0, 0.1) is 0 Å². The van der Waals surface area contributed by atoms with Crippen LogP contribution in [0.3, 0.4) is 0 Å². The van der Waals surface area contributed by atoms with E-state index in [1.807, 2.05) is 6.07 Å². The number of ether oxygens (including phenoxy) is 1. The second-order valence-electron chi connectivity index (χ2n) is 5.66. The topological polar surface area (TPSA) is 82.2 Å². The van der Waals surface area contributed by atoms with E-state index in [0.717, 1.165) is 12.0 Å². The first-order valence-electron chi connectivity index (χ1n) is 7.69. The van der Waals surface area contributed by atoms with Crippen molar-refractivity contribution in [2.75, 3.05) is 11.9 Å². The van der Waals surface area contributed by atoms with E-state index in [9.17, 15) is 4.79 Å². The third-order valence-corrected chi connectivity index (χ3v) is 4.55. The lowest BCUT2D eigenvalue weighted by Crippen LogP contribution is -2.30. The lowest BCUT2D eigenvalue weighted by molar-refractivity contribution is -0.126. The van der Waals surface area contributed by atoms with Crippen molar-refractivity contribution in [3.05, 3.63) is 46.1 Å². The third kappa shape index (κ3) is 4.86. The summed E-state index contributed by atoms with van der Waals surface area (Å²) in [5, 5.41) is 8.22. The van der Waals surface area contributed by atoms with Crippen LogP contribution in [0.15, 0.2) is 30.5 Å². The molecule has 1 aromatic heterocycles. The maximum Gasteiger partial charge on any atom is 0.254 e. The third-order valence-electron chi connectivity index (χ3n) is 3.97. The summed E-state index contributed by atoms with van der Waals surface area (Å²) in [7, 11) is 0. The van der Waals surface area contributed by atoms with E-state index in [-0.39, 0.29) is 24.4 Å². The van der Waals surface area contributed by atoms with E-state index < -0.39 is 6.10 Å². The van der Waals surface area contributed by atoms with Gasteiger partial charge >= 0.3 is 0 Å². The highest BCUT2D eigenvalue weighted by Gasteiger charge is 2.30. The first-order valence-corrected chi connectivity index (χ1v) is 8.44. The summed E-state index contributed by atoms with van der Waals surface area (Å²) in [4.78, 5) is 12.3. The quantitative estimate of drug-likeness (QED) is 0.801. The summed E-state index contributed by atoms with van der Waals surface area (Å²) in [6.07, 6.45) is 2.58. The largest absolute Gasteiger partial charge is 0.364 e. The predicted octanol–water partition coefficient (Wildman–Crippen LogP) is 3.10. The summed E-state index contributed by atoms with van der Waals surface area (Å²) in [6, 6.07) is 7.02. The number of halogens is 3. The van der Waals surface area contributed by atoms with Gasteiger partial charge in [-0.3, -0.25) is 4.79 Å². The number of hydrogen-bond donors (Lipinski definition) is 2. The molecule has 0 unspecified atom stereocenters. The van der Waals surface area contributed by atoms with E-state index in [4.69, 9.17) is 33.7 Å². The lowest BCUT2D eigenvalue weighted by Gasteiger charge is -2.14. The van der Waals surface area contributed by atoms with E-state index in [2.05, 4.69) is 10.4 Å². The summed E-state index contributed by atoms with van der Waals surface area (Å²) in [5.74, 6) is 0.403. The monoisotopic (exact) mass is 404 g/mol. The molecule has 1 aliphatic rings. The zero-order valence-electron chi connectivity index (χ0n) is 13.3. The molecule has 3 rings (SSSR count). The van der Waals surface area contributed by atoms with Gasteiger partial charge in [-0.2, -0.15) is 5.10 Å². The Morgan fingerprint density at radius 1 is 1.36 bits per heavy atom. The number of aromatic nitrogens is 2. The molecular formula is C16H19Cl3N4O2. The van der Waals surface area contributed by atoms with Gasteiger partial charge in [0.1, 0.15) is 11.9 Å². The van der Waals surface area contributed by atoms with Crippen LogP contribution in [0.5, 0.6) is 0 Å². The number of nitrogens with one attached hydrogen (secondary N) is 1. The van der Waals surface area contributed by atoms with Crippen molar-refractivity contribution >= 4 is 47.3 Å². The molecule has 1 aliphatic heterocycles. The van der Waals surface area contributed by atoms with E-state index in [0.29, 0.717) is 35.4 Å². The number of amides is 1. The van der Waals surface area contributed by atoms with Crippen LogP contribution in [-0.2, 0) is 16.1 Å². The van der Waals surface area contributed by atoms with Crippen LogP contribution < -0.4 is 11.1 Å². The average molecular weight is 406 g/mol. The van der Waals surface area contributed by atoms with Gasteiger partial charge in [-0.1, -0.05) is 29.3 Å². The molecule has 2 aromatic rings. The number of nitrogens with two attached hydrogens (primary N) is 1. The lowest BCUT2D eigenvalue weighted by atomic mass is 10.2. The highest BCUT2D eigenvalue weighted by molar-refractivity contribution is 6.35. The minimum absolute atomic E-state index is 0. The molecule has 0 radical (unpaired) electrons. The van der Waals surface area contributed by atoms with Gasteiger partial charge in [0, 0.05) is 22.7 Å². The first-order chi connectivity index (χ1) is 11.6. The van der Waals surface area contributed by atoms with Crippen LogP contribution in [0.25, 0.3) is 0 Å². The van der Waals surface area contributed by atoms with Crippen molar-refractivity contribution in [3.8, 4) is 0 Å². The van der Waals surface area contributed by atoms with Gasteiger partial charge in [0.2, 0.25) is 0 Å². The number of rotatable bonds is 5. The maximum absolute atomic E-state index is 12.3. The number of benzene rings is 1. The van der Waals surface area contributed by atoms with Crippen LogP contribution in [-0.4, -0.2) is 34.4 Å². The molecule has 1 fully saturated rings. The average Bonchev–Trinajstić information content (AvgIpc) is 3.19. The minimum atomic E-state index is -0.471. The smallest absolute Gasteiger partial charge is 0.254 e. The molecule has 3 N–H and O–H groups in total. The summed E-state index contributed by atoms with van der Waals surface area (Å²) < 4.78 is 7.28. The van der Waals surface area contributed by atoms with Gasteiger partial charge in [0.25, 0.3) is 5.91 Å².